The van der Waals surface area contributed by atoms with Crippen molar-refractivity contribution in [1.29, 1.82) is 0 Å². The van der Waals surface area contributed by atoms with Gasteiger partial charge in [0.05, 0.1) is 27.3 Å². The third-order valence-corrected chi connectivity index (χ3v) is 3.34. The average molecular weight is 318 g/mol. The molecule has 0 saturated carbocycles. The highest BCUT2D eigenvalue weighted by Gasteiger charge is 2.05. The minimum atomic E-state index is 0.352. The maximum Gasteiger partial charge on any atom is 0.189 e. The lowest BCUT2D eigenvalue weighted by Gasteiger charge is -2.09. The second kappa shape index (κ2) is 8.02. The Hall–Kier alpha value is -2.77. The predicted octanol–water partition coefficient (Wildman–Crippen LogP) is 0.920. The van der Waals surface area contributed by atoms with E-state index in [1.54, 1.807) is 20.5 Å². The number of aromatic nitrogens is 3. The first-order valence-corrected chi connectivity index (χ1v) is 7.29. The fourth-order valence-electron chi connectivity index (χ4n) is 2.06. The number of nitrogens with two attached hydrogens (primary N) is 1. The van der Waals surface area contributed by atoms with E-state index in [9.17, 15) is 0 Å². The van der Waals surface area contributed by atoms with Crippen molar-refractivity contribution in [1.82, 2.24) is 20.1 Å². The van der Waals surface area contributed by atoms with Crippen molar-refractivity contribution >= 4 is 5.96 Å². The number of hydrogen-bond donors (Lipinski definition) is 2. The van der Waals surface area contributed by atoms with E-state index in [0.29, 0.717) is 30.5 Å². The Balaban J connectivity index is 1.94. The first-order valence-electron chi connectivity index (χ1n) is 7.29. The van der Waals surface area contributed by atoms with Crippen LogP contribution in [0.1, 0.15) is 18.3 Å². The van der Waals surface area contributed by atoms with Crippen molar-refractivity contribution in [2.24, 2.45) is 10.7 Å². The van der Waals surface area contributed by atoms with Gasteiger partial charge in [-0.25, -0.2) is 4.99 Å². The average Bonchev–Trinajstić information content (AvgIpc) is 3.05. The molecular weight excluding hydrogens is 296 g/mol. The normalized spacial score (nSPS) is 11.3. The van der Waals surface area contributed by atoms with Gasteiger partial charge in [-0.15, -0.1) is 10.2 Å². The van der Waals surface area contributed by atoms with Gasteiger partial charge in [0.15, 0.2) is 23.3 Å². The molecule has 0 spiro atoms. The molecular formula is C15H22N6O2. The van der Waals surface area contributed by atoms with Gasteiger partial charge in [-0.1, -0.05) is 6.07 Å². The van der Waals surface area contributed by atoms with E-state index in [1.165, 1.54) is 0 Å². The third-order valence-electron chi connectivity index (χ3n) is 3.34. The number of nitrogens with zero attached hydrogens (tertiary/aromatic N) is 4. The molecule has 0 aliphatic rings. The molecule has 0 aliphatic carbocycles. The van der Waals surface area contributed by atoms with Crippen LogP contribution in [0, 0.1) is 0 Å². The van der Waals surface area contributed by atoms with Crippen molar-refractivity contribution in [2.45, 2.75) is 26.6 Å². The van der Waals surface area contributed by atoms with Gasteiger partial charge in [0, 0.05) is 6.54 Å². The number of hydrogen-bond acceptors (Lipinski definition) is 5. The Kier molecular flexibility index (Phi) is 5.79. The number of rotatable bonds is 7. The lowest BCUT2D eigenvalue weighted by atomic mass is 10.2. The Labute approximate surface area is 135 Å². The molecule has 0 aliphatic heterocycles. The van der Waals surface area contributed by atoms with Crippen LogP contribution in [0.4, 0.5) is 0 Å². The topological polar surface area (TPSA) is 99.6 Å². The fourth-order valence-corrected chi connectivity index (χ4v) is 2.06. The van der Waals surface area contributed by atoms with Crippen LogP contribution < -0.4 is 20.5 Å². The van der Waals surface area contributed by atoms with E-state index in [0.717, 1.165) is 17.9 Å². The highest BCUT2D eigenvalue weighted by Crippen LogP contribution is 2.27. The molecule has 0 saturated heterocycles. The lowest BCUT2D eigenvalue weighted by molar-refractivity contribution is 0.354. The minimum Gasteiger partial charge on any atom is -0.493 e. The number of aryl methyl sites for hydroxylation is 1. The van der Waals surface area contributed by atoms with Crippen molar-refractivity contribution < 1.29 is 9.47 Å². The molecule has 1 heterocycles. The molecule has 0 amide bonds. The monoisotopic (exact) mass is 318 g/mol. The van der Waals surface area contributed by atoms with E-state index < -0.39 is 0 Å². The quantitative estimate of drug-likeness (QED) is 0.582. The summed E-state index contributed by atoms with van der Waals surface area (Å²) in [5.74, 6) is 2.52. The van der Waals surface area contributed by atoms with Crippen LogP contribution in [-0.4, -0.2) is 34.9 Å². The lowest BCUT2D eigenvalue weighted by Crippen LogP contribution is -2.32. The van der Waals surface area contributed by atoms with Crippen molar-refractivity contribution in [3.8, 4) is 11.5 Å². The van der Waals surface area contributed by atoms with E-state index in [4.69, 9.17) is 15.2 Å². The van der Waals surface area contributed by atoms with E-state index in [-0.39, 0.29) is 0 Å². The molecule has 23 heavy (non-hydrogen) atoms. The SMILES string of the molecule is CCn1cnnc1CNC(N)=NCc1ccc(OC)c(OC)c1. The summed E-state index contributed by atoms with van der Waals surface area (Å²) in [6, 6.07) is 5.65. The number of nitrogens with one attached hydrogen (secondary N) is 1. The Bertz CT molecular complexity index is 668. The minimum absolute atomic E-state index is 0.352. The second-order valence-electron chi connectivity index (χ2n) is 4.78. The van der Waals surface area contributed by atoms with Crippen molar-refractivity contribution in [3.05, 3.63) is 35.9 Å². The van der Waals surface area contributed by atoms with E-state index in [2.05, 4.69) is 20.5 Å². The van der Waals surface area contributed by atoms with Gasteiger partial charge in [-0.3, -0.25) is 0 Å². The smallest absolute Gasteiger partial charge is 0.189 e. The predicted molar refractivity (Wildman–Crippen MR) is 87.4 cm³/mol. The summed E-state index contributed by atoms with van der Waals surface area (Å²) in [6.45, 7) is 3.77. The Morgan fingerprint density at radius 3 is 2.78 bits per heavy atom. The standard InChI is InChI=1S/C15H22N6O2/c1-4-21-10-19-20-14(21)9-18-15(16)17-8-11-5-6-12(22-2)13(7-11)23-3/h5-7,10H,4,8-9H2,1-3H3,(H3,16,17,18). The molecule has 3 N–H and O–H groups in total. The number of aliphatic imine (C=N–C) groups is 1. The van der Waals surface area contributed by atoms with Crippen molar-refractivity contribution in [2.75, 3.05) is 14.2 Å². The molecule has 2 aromatic rings. The molecule has 8 nitrogen and oxygen atoms in total. The summed E-state index contributed by atoms with van der Waals surface area (Å²) in [7, 11) is 3.21. The number of benzene rings is 1. The van der Waals surface area contributed by atoms with Crippen LogP contribution in [0.3, 0.4) is 0 Å². The molecule has 0 unspecified atom stereocenters. The second-order valence-corrected chi connectivity index (χ2v) is 4.78. The third kappa shape index (κ3) is 4.35. The summed E-state index contributed by atoms with van der Waals surface area (Å²) in [6.07, 6.45) is 1.69. The van der Waals surface area contributed by atoms with E-state index >= 15 is 0 Å². The number of methoxy groups -OCH3 is 2. The number of guanidine groups is 1. The van der Waals surface area contributed by atoms with Gasteiger partial charge in [-0.2, -0.15) is 0 Å². The molecule has 8 heteroatoms. The van der Waals surface area contributed by atoms with Gasteiger partial charge in [0.25, 0.3) is 0 Å². The highest BCUT2D eigenvalue weighted by molar-refractivity contribution is 5.77. The molecule has 1 aromatic carbocycles. The molecule has 1 aromatic heterocycles. The molecule has 0 atom stereocenters. The summed E-state index contributed by atoms with van der Waals surface area (Å²) in [4.78, 5) is 4.31. The fraction of sp³-hybridized carbons (Fsp3) is 0.400. The molecule has 0 bridgehead atoms. The van der Waals surface area contributed by atoms with Gasteiger partial charge in [0.1, 0.15) is 6.33 Å². The van der Waals surface area contributed by atoms with Crippen LogP contribution in [0.5, 0.6) is 11.5 Å². The first kappa shape index (κ1) is 16.6. The zero-order chi connectivity index (χ0) is 16.7. The van der Waals surface area contributed by atoms with Gasteiger partial charge in [0.2, 0.25) is 0 Å². The maximum atomic E-state index is 5.88. The molecule has 2 rings (SSSR count). The molecule has 0 radical (unpaired) electrons. The van der Waals surface area contributed by atoms with Crippen molar-refractivity contribution in [3.63, 3.8) is 0 Å². The van der Waals surface area contributed by atoms with Crippen LogP contribution in [0.25, 0.3) is 0 Å². The van der Waals surface area contributed by atoms with E-state index in [1.807, 2.05) is 29.7 Å². The maximum absolute atomic E-state index is 5.88. The van der Waals surface area contributed by atoms with Crippen LogP contribution >= 0.6 is 0 Å². The van der Waals surface area contributed by atoms with Gasteiger partial charge in [-0.05, 0) is 24.6 Å². The Morgan fingerprint density at radius 1 is 1.30 bits per heavy atom. The zero-order valence-corrected chi connectivity index (χ0v) is 13.6. The molecule has 124 valence electrons. The van der Waals surface area contributed by atoms with Gasteiger partial charge < -0.3 is 25.1 Å². The van der Waals surface area contributed by atoms with Crippen LogP contribution in [0.15, 0.2) is 29.5 Å². The Morgan fingerprint density at radius 2 is 2.09 bits per heavy atom. The molecule has 0 fully saturated rings. The summed E-state index contributed by atoms with van der Waals surface area (Å²) < 4.78 is 12.4. The summed E-state index contributed by atoms with van der Waals surface area (Å²) in [5, 5.41) is 10.9. The summed E-state index contributed by atoms with van der Waals surface area (Å²) in [5.41, 5.74) is 6.86. The summed E-state index contributed by atoms with van der Waals surface area (Å²) >= 11 is 0. The largest absolute Gasteiger partial charge is 0.493 e. The van der Waals surface area contributed by atoms with Crippen LogP contribution in [-0.2, 0) is 19.6 Å². The first-order chi connectivity index (χ1) is 11.2. The highest BCUT2D eigenvalue weighted by atomic mass is 16.5. The van der Waals surface area contributed by atoms with Crippen LogP contribution in [0.2, 0.25) is 0 Å². The van der Waals surface area contributed by atoms with Gasteiger partial charge >= 0.3 is 0 Å². The number of ether oxygens (including phenoxy) is 2. The zero-order valence-electron chi connectivity index (χ0n) is 13.6.